The summed E-state index contributed by atoms with van der Waals surface area (Å²) in [7, 11) is 1.50. The molecule has 0 fully saturated rings. The van der Waals surface area contributed by atoms with Crippen LogP contribution in [0, 0.1) is 10.7 Å². The summed E-state index contributed by atoms with van der Waals surface area (Å²) in [5.74, 6) is -1.57. The molecule has 0 aromatic heterocycles. The molecule has 1 aromatic carbocycles. The maximum atomic E-state index is 13.1. The average Bonchev–Trinajstić information content (AvgIpc) is 2.72. The van der Waals surface area contributed by atoms with Gasteiger partial charge in [-0.2, -0.15) is 0 Å². The van der Waals surface area contributed by atoms with Crippen LogP contribution in [0.25, 0.3) is 0 Å². The van der Waals surface area contributed by atoms with E-state index < -0.39 is 42.8 Å². The Kier molecular flexibility index (Phi) is 11.7. The van der Waals surface area contributed by atoms with Crippen LogP contribution in [0.3, 0.4) is 0 Å². The Morgan fingerprint density at radius 2 is 1.59 bits per heavy atom. The number of aliphatic hydroxyl groups excluding tert-OH is 4. The van der Waals surface area contributed by atoms with Crippen LogP contribution in [-0.4, -0.2) is 82.4 Å². The molecular formula is C18H22I3N3O8. The van der Waals surface area contributed by atoms with Gasteiger partial charge in [0.25, 0.3) is 5.91 Å². The molecule has 1 rings (SSSR count). The summed E-state index contributed by atoms with van der Waals surface area (Å²) in [6, 6.07) is -1.62. The van der Waals surface area contributed by atoms with Gasteiger partial charge in [0.1, 0.15) is 30.6 Å². The molecule has 32 heavy (non-hydrogen) atoms. The lowest BCUT2D eigenvalue weighted by atomic mass is 10.0. The summed E-state index contributed by atoms with van der Waals surface area (Å²) in [4.78, 5) is 49.6. The molecule has 11 nitrogen and oxygen atoms in total. The zero-order valence-electron chi connectivity index (χ0n) is 17.1. The Balaban J connectivity index is 3.57. The molecule has 4 atom stereocenters. The molecule has 0 aliphatic carbocycles. The van der Waals surface area contributed by atoms with Crippen molar-refractivity contribution < 1.29 is 39.6 Å². The molecule has 0 saturated carbocycles. The summed E-state index contributed by atoms with van der Waals surface area (Å²) >= 11 is 5.65. The summed E-state index contributed by atoms with van der Waals surface area (Å²) in [5.41, 5.74) is 0.660. The number of nitrogens with zero attached hydrogens (tertiary/aromatic N) is 1. The molecule has 0 heterocycles. The lowest BCUT2D eigenvalue weighted by Gasteiger charge is -2.27. The highest BCUT2D eigenvalue weighted by atomic mass is 127. The molecule has 0 aliphatic rings. The molecule has 0 saturated heterocycles. The minimum Gasteiger partial charge on any atom is -0.394 e. The second-order valence-electron chi connectivity index (χ2n) is 6.67. The van der Waals surface area contributed by atoms with E-state index >= 15 is 0 Å². The quantitative estimate of drug-likeness (QED) is 0.148. The van der Waals surface area contributed by atoms with Gasteiger partial charge in [-0.1, -0.05) is 0 Å². The Morgan fingerprint density at radius 1 is 1.03 bits per heavy atom. The van der Waals surface area contributed by atoms with E-state index in [-0.39, 0.29) is 23.4 Å². The first-order valence-electron chi connectivity index (χ1n) is 8.93. The second-order valence-corrected chi connectivity index (χ2v) is 9.90. The van der Waals surface area contributed by atoms with Crippen molar-refractivity contribution in [3.8, 4) is 0 Å². The third kappa shape index (κ3) is 6.69. The van der Waals surface area contributed by atoms with Gasteiger partial charge in [-0.15, -0.1) is 0 Å². The molecular weight excluding hydrogens is 767 g/mol. The minimum atomic E-state index is -1.91. The van der Waals surface area contributed by atoms with Crippen molar-refractivity contribution in [1.82, 2.24) is 5.32 Å². The van der Waals surface area contributed by atoms with Crippen molar-refractivity contribution in [2.24, 2.45) is 0 Å². The van der Waals surface area contributed by atoms with E-state index in [1.165, 1.54) is 25.8 Å². The number of aldehydes is 1. The van der Waals surface area contributed by atoms with Gasteiger partial charge in [-0.3, -0.25) is 14.4 Å². The predicted octanol–water partition coefficient (Wildman–Crippen LogP) is -0.186. The number of halogens is 3. The monoisotopic (exact) mass is 789 g/mol. The Bertz CT molecular complexity index is 914. The highest BCUT2D eigenvalue weighted by molar-refractivity contribution is 14.1. The van der Waals surface area contributed by atoms with Crippen molar-refractivity contribution >= 4 is 103 Å². The molecule has 178 valence electrons. The van der Waals surface area contributed by atoms with E-state index in [1.54, 1.807) is 0 Å². The Morgan fingerprint density at radius 3 is 2.03 bits per heavy atom. The van der Waals surface area contributed by atoms with Gasteiger partial charge < -0.3 is 40.8 Å². The molecule has 0 aliphatic heterocycles. The summed E-state index contributed by atoms with van der Waals surface area (Å²) in [6.07, 6.45) is -5.36. The SMILES string of the molecule is CC(=O)Nc1c(I)c(C(=O)N[C@H](C=O)[C@H](O)[C@@H](O)[C@@H](O)CO)c(I)c(N(C)C(C)=O)c1I. The summed E-state index contributed by atoms with van der Waals surface area (Å²) in [6.45, 7) is 1.74. The number of aliphatic hydroxyl groups is 4. The van der Waals surface area contributed by atoms with Gasteiger partial charge in [-0.25, -0.2) is 0 Å². The zero-order chi connectivity index (χ0) is 24.9. The second kappa shape index (κ2) is 12.7. The van der Waals surface area contributed by atoms with E-state index in [2.05, 4.69) is 10.6 Å². The number of anilines is 2. The fourth-order valence-electron chi connectivity index (χ4n) is 2.56. The van der Waals surface area contributed by atoms with Crippen LogP contribution in [0.15, 0.2) is 0 Å². The number of benzene rings is 1. The fraction of sp³-hybridized carbons (Fsp3) is 0.444. The lowest BCUT2D eigenvalue weighted by Crippen LogP contribution is -2.53. The lowest BCUT2D eigenvalue weighted by molar-refractivity contribution is -0.119. The largest absolute Gasteiger partial charge is 0.394 e. The molecule has 1 aromatic rings. The topological polar surface area (TPSA) is 176 Å². The molecule has 0 radical (unpaired) electrons. The van der Waals surface area contributed by atoms with Crippen LogP contribution < -0.4 is 15.5 Å². The zero-order valence-corrected chi connectivity index (χ0v) is 23.6. The van der Waals surface area contributed by atoms with Crippen LogP contribution in [0.2, 0.25) is 0 Å². The average molecular weight is 789 g/mol. The number of rotatable bonds is 9. The molecule has 14 heteroatoms. The van der Waals surface area contributed by atoms with Crippen molar-refractivity contribution in [2.45, 2.75) is 38.2 Å². The maximum Gasteiger partial charge on any atom is 0.254 e. The Hall–Kier alpha value is -0.670. The van der Waals surface area contributed by atoms with E-state index in [0.717, 1.165) is 0 Å². The van der Waals surface area contributed by atoms with Gasteiger partial charge in [0, 0.05) is 20.9 Å². The number of carbonyl (C=O) groups excluding carboxylic acids is 4. The fourth-order valence-corrected chi connectivity index (χ4v) is 7.21. The van der Waals surface area contributed by atoms with Crippen molar-refractivity contribution in [3.05, 3.63) is 16.3 Å². The number of amides is 3. The van der Waals surface area contributed by atoms with Crippen LogP contribution >= 0.6 is 67.8 Å². The van der Waals surface area contributed by atoms with Crippen molar-refractivity contribution in [3.63, 3.8) is 0 Å². The standard InChI is InChI=1S/C18H22I3N3O8/c1-6(27)22-14-11(19)10(12(20)15(13(14)21)24(3)7(2)28)18(32)23-8(4-25)16(30)17(31)9(29)5-26/h4,8-9,16-17,26,29-31H,5H2,1-3H3,(H,22,27)(H,23,32)/t8-,9+,16+,17+/m1/s1. The van der Waals surface area contributed by atoms with E-state index in [0.29, 0.717) is 16.4 Å². The van der Waals surface area contributed by atoms with Gasteiger partial charge >= 0.3 is 0 Å². The van der Waals surface area contributed by atoms with E-state index in [9.17, 15) is 34.5 Å². The molecule has 3 amide bonds. The molecule has 0 unspecified atom stereocenters. The number of hydrogen-bond acceptors (Lipinski definition) is 8. The first kappa shape index (κ1) is 29.4. The van der Waals surface area contributed by atoms with Gasteiger partial charge in [0.2, 0.25) is 11.8 Å². The smallest absolute Gasteiger partial charge is 0.254 e. The van der Waals surface area contributed by atoms with Crippen LogP contribution in [0.4, 0.5) is 11.4 Å². The molecule has 0 spiro atoms. The van der Waals surface area contributed by atoms with Crippen LogP contribution in [0.5, 0.6) is 0 Å². The van der Waals surface area contributed by atoms with Crippen LogP contribution in [-0.2, 0) is 14.4 Å². The first-order valence-corrected chi connectivity index (χ1v) is 12.2. The number of hydrogen-bond donors (Lipinski definition) is 6. The first-order chi connectivity index (χ1) is 14.8. The summed E-state index contributed by atoms with van der Waals surface area (Å²) in [5, 5.41) is 43.4. The van der Waals surface area contributed by atoms with E-state index in [1.807, 2.05) is 67.8 Å². The highest BCUT2D eigenvalue weighted by Crippen LogP contribution is 2.40. The summed E-state index contributed by atoms with van der Waals surface area (Å²) < 4.78 is 1.17. The van der Waals surface area contributed by atoms with E-state index in [4.69, 9.17) is 5.11 Å². The maximum absolute atomic E-state index is 13.1. The number of nitrogens with one attached hydrogen (secondary N) is 2. The van der Waals surface area contributed by atoms with Crippen molar-refractivity contribution in [2.75, 3.05) is 23.9 Å². The normalized spacial score (nSPS) is 14.7. The van der Waals surface area contributed by atoms with Crippen molar-refractivity contribution in [1.29, 1.82) is 0 Å². The minimum absolute atomic E-state index is 0.0229. The van der Waals surface area contributed by atoms with Gasteiger partial charge in [0.15, 0.2) is 0 Å². The highest BCUT2D eigenvalue weighted by Gasteiger charge is 2.34. The van der Waals surface area contributed by atoms with Gasteiger partial charge in [-0.05, 0) is 67.8 Å². The number of carbonyl (C=O) groups is 4. The van der Waals surface area contributed by atoms with Gasteiger partial charge in [0.05, 0.1) is 34.3 Å². The third-order valence-corrected chi connectivity index (χ3v) is 7.55. The third-order valence-electron chi connectivity index (χ3n) is 4.37. The Labute approximate surface area is 224 Å². The molecule has 6 N–H and O–H groups in total. The predicted molar refractivity (Wildman–Crippen MR) is 140 cm³/mol. The molecule has 0 bridgehead atoms. The van der Waals surface area contributed by atoms with Crippen LogP contribution in [0.1, 0.15) is 24.2 Å².